The van der Waals surface area contributed by atoms with Crippen molar-refractivity contribution in [2.24, 2.45) is 5.92 Å². The number of para-hydroxylation sites is 1. The molecule has 126 valence electrons. The van der Waals surface area contributed by atoms with Crippen LogP contribution in [0.25, 0.3) is 0 Å². The van der Waals surface area contributed by atoms with Crippen molar-refractivity contribution in [1.29, 1.82) is 0 Å². The van der Waals surface area contributed by atoms with Gasteiger partial charge < -0.3 is 9.64 Å². The lowest BCUT2D eigenvalue weighted by molar-refractivity contribution is 0.0229. The van der Waals surface area contributed by atoms with E-state index in [9.17, 15) is 0 Å². The molecule has 1 aliphatic heterocycles. The molecule has 23 heavy (non-hydrogen) atoms. The number of hydrogen-bond donors (Lipinski definition) is 0. The molecule has 0 saturated heterocycles. The van der Waals surface area contributed by atoms with Crippen LogP contribution in [0.4, 0.5) is 0 Å². The number of rotatable bonds is 6. The molecule has 2 saturated carbocycles. The van der Waals surface area contributed by atoms with E-state index in [1.54, 1.807) is 0 Å². The number of benzene rings is 1. The largest absolute Gasteiger partial charge is 0.486 e. The van der Waals surface area contributed by atoms with E-state index in [0.717, 1.165) is 5.92 Å². The molecule has 0 unspecified atom stereocenters. The Balaban J connectivity index is 1.37. The van der Waals surface area contributed by atoms with E-state index in [0.29, 0.717) is 5.92 Å². The van der Waals surface area contributed by atoms with Crippen molar-refractivity contribution >= 4 is 0 Å². The van der Waals surface area contributed by atoms with Crippen LogP contribution in [-0.4, -0.2) is 30.6 Å². The van der Waals surface area contributed by atoms with E-state index in [4.69, 9.17) is 4.74 Å². The van der Waals surface area contributed by atoms with Crippen LogP contribution in [0, 0.1) is 5.92 Å². The van der Waals surface area contributed by atoms with Crippen LogP contribution in [0.2, 0.25) is 0 Å². The minimum Gasteiger partial charge on any atom is -0.486 e. The van der Waals surface area contributed by atoms with Crippen LogP contribution in [0.3, 0.4) is 0 Å². The summed E-state index contributed by atoms with van der Waals surface area (Å²) in [6.45, 7) is 2.53. The molecule has 1 aromatic rings. The van der Waals surface area contributed by atoms with Crippen molar-refractivity contribution in [3.8, 4) is 5.75 Å². The second-order valence-corrected chi connectivity index (χ2v) is 8.17. The van der Waals surface area contributed by atoms with Gasteiger partial charge in [-0.1, -0.05) is 31.0 Å². The van der Waals surface area contributed by atoms with E-state index in [1.807, 2.05) is 0 Å². The molecule has 2 heteroatoms. The van der Waals surface area contributed by atoms with Gasteiger partial charge >= 0.3 is 0 Å². The maximum Gasteiger partial charge on any atom is 0.123 e. The van der Waals surface area contributed by atoms with Crippen LogP contribution in [0.15, 0.2) is 24.3 Å². The van der Waals surface area contributed by atoms with E-state index >= 15 is 0 Å². The summed E-state index contributed by atoms with van der Waals surface area (Å²) < 4.78 is 6.58. The van der Waals surface area contributed by atoms with Gasteiger partial charge in [0.05, 0.1) is 0 Å². The highest BCUT2D eigenvalue weighted by atomic mass is 16.5. The van der Waals surface area contributed by atoms with Gasteiger partial charge in [0.1, 0.15) is 11.4 Å². The monoisotopic (exact) mass is 313 g/mol. The Kier molecular flexibility index (Phi) is 4.36. The third-order valence-corrected chi connectivity index (χ3v) is 6.52. The first-order chi connectivity index (χ1) is 11.3. The van der Waals surface area contributed by atoms with Crippen LogP contribution < -0.4 is 4.74 Å². The Morgan fingerprint density at radius 1 is 1.13 bits per heavy atom. The Morgan fingerprint density at radius 3 is 2.83 bits per heavy atom. The number of fused-ring (bicyclic) bond motifs is 3. The molecule has 0 amide bonds. The standard InChI is InChI=1S/C21H31NO/c1-22(16-17-8-6-9-17)15-7-14-21-13-5-4-11-19(21)18-10-2-3-12-20(18)23-21/h2-3,10,12,17,19H,4-9,11,13-16H2,1H3/t19-,21+/m1/s1. The zero-order valence-corrected chi connectivity index (χ0v) is 14.6. The molecule has 3 aliphatic rings. The Morgan fingerprint density at radius 2 is 2.00 bits per heavy atom. The van der Waals surface area contributed by atoms with Crippen molar-refractivity contribution in [3.63, 3.8) is 0 Å². The summed E-state index contributed by atoms with van der Waals surface area (Å²) in [5.74, 6) is 2.79. The average molecular weight is 313 g/mol. The van der Waals surface area contributed by atoms with Gasteiger partial charge in [-0.25, -0.2) is 0 Å². The fourth-order valence-electron chi connectivity index (χ4n) is 5.06. The molecule has 2 atom stereocenters. The zero-order chi connectivity index (χ0) is 15.7. The highest BCUT2D eigenvalue weighted by Gasteiger charge is 2.48. The second-order valence-electron chi connectivity index (χ2n) is 8.17. The minimum absolute atomic E-state index is 0.110. The van der Waals surface area contributed by atoms with Gasteiger partial charge in [0.25, 0.3) is 0 Å². The Hall–Kier alpha value is -1.02. The third-order valence-electron chi connectivity index (χ3n) is 6.52. The predicted octanol–water partition coefficient (Wildman–Crippen LogP) is 4.99. The van der Waals surface area contributed by atoms with Crippen molar-refractivity contribution < 1.29 is 4.74 Å². The second kappa shape index (κ2) is 6.47. The molecule has 2 nitrogen and oxygen atoms in total. The normalized spacial score (nSPS) is 29.7. The zero-order valence-electron chi connectivity index (χ0n) is 14.6. The summed E-state index contributed by atoms with van der Waals surface area (Å²) in [6.07, 6.45) is 12.1. The van der Waals surface area contributed by atoms with E-state index in [1.165, 1.54) is 82.2 Å². The van der Waals surface area contributed by atoms with Gasteiger partial charge in [-0.2, -0.15) is 0 Å². The van der Waals surface area contributed by atoms with E-state index in [-0.39, 0.29) is 5.60 Å². The molecule has 0 bridgehead atoms. The highest BCUT2D eigenvalue weighted by Crippen LogP contribution is 2.53. The van der Waals surface area contributed by atoms with Crippen LogP contribution in [0.5, 0.6) is 5.75 Å². The van der Waals surface area contributed by atoms with E-state index in [2.05, 4.69) is 36.2 Å². The van der Waals surface area contributed by atoms with Gasteiger partial charge in [0.2, 0.25) is 0 Å². The van der Waals surface area contributed by atoms with Gasteiger partial charge in [0.15, 0.2) is 0 Å². The molecular weight excluding hydrogens is 282 g/mol. The summed E-state index contributed by atoms with van der Waals surface area (Å²) in [5.41, 5.74) is 1.59. The molecule has 0 spiro atoms. The SMILES string of the molecule is CN(CCC[C@@]12CCCC[C@@H]1c1ccccc1O2)CC1CCC1. The number of ether oxygens (including phenoxy) is 1. The van der Waals surface area contributed by atoms with Crippen LogP contribution in [-0.2, 0) is 0 Å². The van der Waals surface area contributed by atoms with Crippen molar-refractivity contribution in [3.05, 3.63) is 29.8 Å². The molecule has 1 aromatic carbocycles. The van der Waals surface area contributed by atoms with Crippen molar-refractivity contribution in [2.75, 3.05) is 20.1 Å². The predicted molar refractivity (Wildman–Crippen MR) is 95.1 cm³/mol. The van der Waals surface area contributed by atoms with Gasteiger partial charge in [-0.3, -0.25) is 0 Å². The lowest BCUT2D eigenvalue weighted by Gasteiger charge is -2.39. The topological polar surface area (TPSA) is 12.5 Å². The van der Waals surface area contributed by atoms with Crippen molar-refractivity contribution in [1.82, 2.24) is 4.90 Å². The molecular formula is C21H31NO. The molecule has 0 aromatic heterocycles. The third kappa shape index (κ3) is 3.03. The lowest BCUT2D eigenvalue weighted by Crippen LogP contribution is -2.41. The smallest absolute Gasteiger partial charge is 0.123 e. The summed E-state index contributed by atoms with van der Waals surface area (Å²) in [4.78, 5) is 2.56. The van der Waals surface area contributed by atoms with Crippen molar-refractivity contribution in [2.45, 2.75) is 69.3 Å². The maximum absolute atomic E-state index is 6.58. The van der Waals surface area contributed by atoms with E-state index < -0.39 is 0 Å². The van der Waals surface area contributed by atoms with Crippen LogP contribution >= 0.6 is 0 Å². The Bertz CT molecular complexity index is 538. The quantitative estimate of drug-likeness (QED) is 0.734. The molecule has 0 N–H and O–H groups in total. The number of nitrogens with zero attached hydrogens (tertiary/aromatic N) is 1. The average Bonchev–Trinajstić information content (AvgIpc) is 2.85. The molecule has 2 fully saturated rings. The van der Waals surface area contributed by atoms with Gasteiger partial charge in [-0.15, -0.1) is 0 Å². The van der Waals surface area contributed by atoms with Gasteiger partial charge in [-0.05, 0) is 70.5 Å². The Labute approximate surface area is 141 Å². The van der Waals surface area contributed by atoms with Crippen LogP contribution in [0.1, 0.15) is 69.3 Å². The minimum atomic E-state index is 0.110. The fraction of sp³-hybridized carbons (Fsp3) is 0.714. The van der Waals surface area contributed by atoms with Gasteiger partial charge in [0, 0.05) is 18.0 Å². The first kappa shape index (κ1) is 15.5. The maximum atomic E-state index is 6.58. The lowest BCUT2D eigenvalue weighted by atomic mass is 9.71. The molecule has 4 rings (SSSR count). The summed E-state index contributed by atoms with van der Waals surface area (Å²) in [5, 5.41) is 0. The summed E-state index contributed by atoms with van der Waals surface area (Å²) in [7, 11) is 2.30. The first-order valence-corrected chi connectivity index (χ1v) is 9.73. The number of hydrogen-bond acceptors (Lipinski definition) is 2. The summed E-state index contributed by atoms with van der Waals surface area (Å²) in [6, 6.07) is 8.78. The first-order valence-electron chi connectivity index (χ1n) is 9.73. The molecule has 0 radical (unpaired) electrons. The summed E-state index contributed by atoms with van der Waals surface area (Å²) >= 11 is 0. The molecule has 2 aliphatic carbocycles. The molecule has 1 heterocycles. The fourth-order valence-corrected chi connectivity index (χ4v) is 5.06. The highest BCUT2D eigenvalue weighted by molar-refractivity contribution is 5.43.